The smallest absolute Gasteiger partial charge is 0.306 e. The number of hydrogen-bond donors (Lipinski definition) is 1. The Hall–Kier alpha value is -2.08. The molecule has 0 aromatic heterocycles. The SMILES string of the molecule is CCc1ccccc1OCC(=O)N1CCOC(CC(=O)O)C1. The number of carboxylic acid groups (broad SMARTS) is 1. The van der Waals surface area contributed by atoms with Gasteiger partial charge in [-0.05, 0) is 18.1 Å². The quantitative estimate of drug-likeness (QED) is 0.858. The predicted molar refractivity (Wildman–Crippen MR) is 79.9 cm³/mol. The highest BCUT2D eigenvalue weighted by Crippen LogP contribution is 2.18. The third kappa shape index (κ3) is 4.46. The maximum atomic E-state index is 12.2. The second-order valence-electron chi connectivity index (χ2n) is 5.18. The van der Waals surface area contributed by atoms with Gasteiger partial charge in [0.2, 0.25) is 0 Å². The minimum Gasteiger partial charge on any atom is -0.483 e. The van der Waals surface area contributed by atoms with Crippen LogP contribution in [0.4, 0.5) is 0 Å². The van der Waals surface area contributed by atoms with Crippen molar-refractivity contribution in [3.8, 4) is 5.75 Å². The number of morpholine rings is 1. The molecule has 1 atom stereocenters. The molecule has 22 heavy (non-hydrogen) atoms. The van der Waals surface area contributed by atoms with Crippen molar-refractivity contribution in [3.63, 3.8) is 0 Å². The number of carbonyl (C=O) groups excluding carboxylic acids is 1. The van der Waals surface area contributed by atoms with Crippen molar-refractivity contribution in [2.75, 3.05) is 26.3 Å². The van der Waals surface area contributed by atoms with E-state index in [1.807, 2.05) is 31.2 Å². The van der Waals surface area contributed by atoms with Gasteiger partial charge in [0.25, 0.3) is 5.91 Å². The largest absolute Gasteiger partial charge is 0.483 e. The molecule has 1 fully saturated rings. The number of rotatable bonds is 6. The van der Waals surface area contributed by atoms with Crippen LogP contribution >= 0.6 is 0 Å². The molecule has 1 aliphatic heterocycles. The lowest BCUT2D eigenvalue weighted by Crippen LogP contribution is -2.47. The fraction of sp³-hybridized carbons (Fsp3) is 0.500. The Morgan fingerprint density at radius 1 is 1.41 bits per heavy atom. The van der Waals surface area contributed by atoms with Crippen molar-refractivity contribution in [2.45, 2.75) is 25.9 Å². The van der Waals surface area contributed by atoms with Crippen LogP contribution in [0.1, 0.15) is 18.9 Å². The summed E-state index contributed by atoms with van der Waals surface area (Å²) in [5.41, 5.74) is 1.06. The lowest BCUT2D eigenvalue weighted by molar-refractivity contribution is -0.148. The number of amides is 1. The Kier molecular flexibility index (Phi) is 5.77. The summed E-state index contributed by atoms with van der Waals surface area (Å²) in [4.78, 5) is 24.5. The number of hydrogen-bond acceptors (Lipinski definition) is 4. The van der Waals surface area contributed by atoms with Crippen LogP contribution in [0, 0.1) is 0 Å². The van der Waals surface area contributed by atoms with Crippen molar-refractivity contribution in [1.29, 1.82) is 0 Å². The highest BCUT2D eigenvalue weighted by Gasteiger charge is 2.26. The summed E-state index contributed by atoms with van der Waals surface area (Å²) in [6.45, 7) is 3.10. The van der Waals surface area contributed by atoms with Crippen LogP contribution in [-0.2, 0) is 20.7 Å². The summed E-state index contributed by atoms with van der Waals surface area (Å²) in [5, 5.41) is 8.79. The minimum absolute atomic E-state index is 0.0448. The van der Waals surface area contributed by atoms with E-state index in [9.17, 15) is 9.59 Å². The van der Waals surface area contributed by atoms with Gasteiger partial charge in [0.05, 0.1) is 19.1 Å². The lowest BCUT2D eigenvalue weighted by atomic mass is 10.1. The first-order valence-corrected chi connectivity index (χ1v) is 7.42. The highest BCUT2D eigenvalue weighted by atomic mass is 16.5. The summed E-state index contributed by atoms with van der Waals surface area (Å²) in [6.07, 6.45) is 0.296. The Morgan fingerprint density at radius 3 is 2.91 bits per heavy atom. The zero-order chi connectivity index (χ0) is 15.9. The van der Waals surface area contributed by atoms with Gasteiger partial charge in [-0.1, -0.05) is 25.1 Å². The molecule has 0 spiro atoms. The van der Waals surface area contributed by atoms with Crippen LogP contribution in [0.25, 0.3) is 0 Å². The van der Waals surface area contributed by atoms with Gasteiger partial charge in [-0.2, -0.15) is 0 Å². The van der Waals surface area contributed by atoms with Crippen LogP contribution in [0.2, 0.25) is 0 Å². The van der Waals surface area contributed by atoms with E-state index in [1.165, 1.54) is 0 Å². The molecule has 1 saturated heterocycles. The molecule has 1 aliphatic rings. The van der Waals surface area contributed by atoms with Gasteiger partial charge < -0.3 is 19.5 Å². The fourth-order valence-electron chi connectivity index (χ4n) is 2.43. The van der Waals surface area contributed by atoms with E-state index in [2.05, 4.69) is 0 Å². The summed E-state index contributed by atoms with van der Waals surface area (Å²) in [5.74, 6) is -0.356. The molecule has 6 nitrogen and oxygen atoms in total. The van der Waals surface area contributed by atoms with Gasteiger partial charge in [0.1, 0.15) is 5.75 Å². The second kappa shape index (κ2) is 7.79. The Bertz CT molecular complexity index is 531. The fourth-order valence-corrected chi connectivity index (χ4v) is 2.43. The normalized spacial score (nSPS) is 18.0. The van der Waals surface area contributed by atoms with Gasteiger partial charge in [0, 0.05) is 13.1 Å². The zero-order valence-electron chi connectivity index (χ0n) is 12.7. The Labute approximate surface area is 129 Å². The molecule has 6 heteroatoms. The van der Waals surface area contributed by atoms with E-state index < -0.39 is 12.1 Å². The molecular weight excluding hydrogens is 286 g/mol. The number of aryl methyl sites for hydroxylation is 1. The molecule has 1 unspecified atom stereocenters. The molecule has 0 saturated carbocycles. The number of para-hydroxylation sites is 1. The van der Waals surface area contributed by atoms with Gasteiger partial charge >= 0.3 is 5.97 Å². The minimum atomic E-state index is -0.924. The van der Waals surface area contributed by atoms with Gasteiger partial charge in [-0.25, -0.2) is 0 Å². The van der Waals surface area contributed by atoms with Crippen LogP contribution in [0.5, 0.6) is 5.75 Å². The lowest BCUT2D eigenvalue weighted by Gasteiger charge is -2.32. The Morgan fingerprint density at radius 2 is 2.18 bits per heavy atom. The van der Waals surface area contributed by atoms with Crippen LogP contribution < -0.4 is 4.74 Å². The third-order valence-electron chi connectivity index (χ3n) is 3.60. The zero-order valence-corrected chi connectivity index (χ0v) is 12.7. The van der Waals surface area contributed by atoms with E-state index in [0.717, 1.165) is 12.0 Å². The first-order valence-electron chi connectivity index (χ1n) is 7.42. The van der Waals surface area contributed by atoms with Crippen molar-refractivity contribution in [1.82, 2.24) is 4.90 Å². The molecule has 0 bridgehead atoms. The molecule has 1 aromatic carbocycles. The van der Waals surface area contributed by atoms with Crippen molar-refractivity contribution < 1.29 is 24.2 Å². The molecule has 120 valence electrons. The number of benzene rings is 1. The Balaban J connectivity index is 1.87. The van der Waals surface area contributed by atoms with Crippen LogP contribution in [-0.4, -0.2) is 54.3 Å². The van der Waals surface area contributed by atoms with Crippen LogP contribution in [0.3, 0.4) is 0 Å². The molecule has 2 rings (SSSR count). The second-order valence-corrected chi connectivity index (χ2v) is 5.18. The van der Waals surface area contributed by atoms with E-state index in [4.69, 9.17) is 14.6 Å². The number of nitrogens with zero attached hydrogens (tertiary/aromatic N) is 1. The predicted octanol–water partition coefficient (Wildman–Crippen LogP) is 1.33. The van der Waals surface area contributed by atoms with Crippen molar-refractivity contribution >= 4 is 11.9 Å². The molecule has 1 amide bonds. The van der Waals surface area contributed by atoms with E-state index in [0.29, 0.717) is 25.4 Å². The summed E-state index contributed by atoms with van der Waals surface area (Å²) >= 11 is 0. The summed E-state index contributed by atoms with van der Waals surface area (Å²) < 4.78 is 11.0. The third-order valence-corrected chi connectivity index (χ3v) is 3.60. The maximum absolute atomic E-state index is 12.2. The average Bonchev–Trinajstić information content (AvgIpc) is 2.52. The molecule has 1 aromatic rings. The number of carboxylic acids is 1. The summed E-state index contributed by atoms with van der Waals surface area (Å²) in [6, 6.07) is 7.62. The van der Waals surface area contributed by atoms with Crippen molar-refractivity contribution in [3.05, 3.63) is 29.8 Å². The van der Waals surface area contributed by atoms with Gasteiger partial charge in [-0.15, -0.1) is 0 Å². The summed E-state index contributed by atoms with van der Waals surface area (Å²) in [7, 11) is 0. The average molecular weight is 307 g/mol. The first kappa shape index (κ1) is 16.3. The molecule has 0 aliphatic carbocycles. The molecule has 1 N–H and O–H groups in total. The van der Waals surface area contributed by atoms with Gasteiger partial charge in [0.15, 0.2) is 6.61 Å². The van der Waals surface area contributed by atoms with E-state index in [1.54, 1.807) is 4.90 Å². The first-order chi connectivity index (χ1) is 10.6. The number of carbonyl (C=O) groups is 2. The maximum Gasteiger partial charge on any atom is 0.306 e. The van der Waals surface area contributed by atoms with Crippen LogP contribution in [0.15, 0.2) is 24.3 Å². The van der Waals surface area contributed by atoms with E-state index in [-0.39, 0.29) is 18.9 Å². The number of ether oxygens (including phenoxy) is 2. The topological polar surface area (TPSA) is 76.1 Å². The molecule has 1 heterocycles. The molecule has 0 radical (unpaired) electrons. The van der Waals surface area contributed by atoms with Gasteiger partial charge in [-0.3, -0.25) is 9.59 Å². The number of aliphatic carboxylic acids is 1. The van der Waals surface area contributed by atoms with Crippen molar-refractivity contribution in [2.24, 2.45) is 0 Å². The standard InChI is InChI=1S/C16H21NO5/c1-2-12-5-3-4-6-14(12)22-11-15(18)17-7-8-21-13(10-17)9-16(19)20/h3-6,13H,2,7-11H2,1H3,(H,19,20). The monoisotopic (exact) mass is 307 g/mol. The highest BCUT2D eigenvalue weighted by molar-refractivity contribution is 5.78. The van der Waals surface area contributed by atoms with E-state index >= 15 is 0 Å². The molecular formula is C16H21NO5.